The van der Waals surface area contributed by atoms with E-state index in [-0.39, 0.29) is 18.5 Å². The van der Waals surface area contributed by atoms with Gasteiger partial charge in [-0.2, -0.15) is 5.10 Å². The number of aromatic nitrogens is 2. The maximum atomic E-state index is 12.1. The second kappa shape index (κ2) is 6.27. The second-order valence-corrected chi connectivity index (χ2v) is 4.54. The van der Waals surface area contributed by atoms with Gasteiger partial charge in [-0.3, -0.25) is 9.48 Å². The Kier molecular flexibility index (Phi) is 4.44. The predicted octanol–water partition coefficient (Wildman–Crippen LogP) is -0.234. The van der Waals surface area contributed by atoms with Gasteiger partial charge < -0.3 is 20.3 Å². The number of nitrogens with zero attached hydrogens (tertiary/aromatic N) is 4. The van der Waals surface area contributed by atoms with Crippen LogP contribution in [0.25, 0.3) is 0 Å². The van der Waals surface area contributed by atoms with Crippen molar-refractivity contribution in [1.82, 2.24) is 19.6 Å². The lowest BCUT2D eigenvalue weighted by Crippen LogP contribution is -2.51. The molecule has 0 spiro atoms. The maximum absolute atomic E-state index is 12.1. The molecule has 0 bridgehead atoms. The predicted molar refractivity (Wildman–Crippen MR) is 71.8 cm³/mol. The summed E-state index contributed by atoms with van der Waals surface area (Å²) < 4.78 is 6.44. The monoisotopic (exact) mass is 281 g/mol. The van der Waals surface area contributed by atoms with Gasteiger partial charge in [0.15, 0.2) is 0 Å². The zero-order valence-corrected chi connectivity index (χ0v) is 11.5. The highest BCUT2D eigenvalue weighted by Gasteiger charge is 2.24. The van der Waals surface area contributed by atoms with Gasteiger partial charge in [0, 0.05) is 32.4 Å². The number of nitrogens with two attached hydrogens (primary N) is 1. The van der Waals surface area contributed by atoms with Crippen molar-refractivity contribution in [2.24, 2.45) is 0 Å². The number of ether oxygens (including phenoxy) is 1. The molecule has 0 aliphatic carbocycles. The number of nitrogen functional groups attached to an aromatic ring is 1. The van der Waals surface area contributed by atoms with Crippen molar-refractivity contribution < 1.29 is 14.3 Å². The van der Waals surface area contributed by atoms with Crippen LogP contribution in [0.4, 0.5) is 10.5 Å². The van der Waals surface area contributed by atoms with E-state index in [0.29, 0.717) is 38.5 Å². The first-order valence-corrected chi connectivity index (χ1v) is 6.57. The summed E-state index contributed by atoms with van der Waals surface area (Å²) >= 11 is 0. The van der Waals surface area contributed by atoms with Crippen molar-refractivity contribution in [2.45, 2.75) is 13.5 Å². The van der Waals surface area contributed by atoms with Crippen molar-refractivity contribution >= 4 is 17.7 Å². The van der Waals surface area contributed by atoms with Crippen LogP contribution in [-0.4, -0.2) is 64.4 Å². The average molecular weight is 281 g/mol. The Labute approximate surface area is 117 Å². The Morgan fingerprint density at radius 3 is 2.50 bits per heavy atom. The lowest BCUT2D eigenvalue weighted by Gasteiger charge is -2.34. The maximum Gasteiger partial charge on any atom is 0.409 e. The van der Waals surface area contributed by atoms with Crippen LogP contribution < -0.4 is 5.73 Å². The first-order chi connectivity index (χ1) is 9.60. The Bertz CT molecular complexity index is 479. The molecule has 110 valence electrons. The highest BCUT2D eigenvalue weighted by molar-refractivity contribution is 5.76. The first-order valence-electron chi connectivity index (χ1n) is 6.57. The van der Waals surface area contributed by atoms with Crippen LogP contribution in [-0.2, 0) is 16.1 Å². The fourth-order valence-electron chi connectivity index (χ4n) is 2.06. The lowest BCUT2D eigenvalue weighted by atomic mass is 10.3. The van der Waals surface area contributed by atoms with Gasteiger partial charge in [-0.05, 0) is 6.92 Å². The van der Waals surface area contributed by atoms with E-state index in [2.05, 4.69) is 5.10 Å². The van der Waals surface area contributed by atoms with Crippen molar-refractivity contribution in [2.75, 3.05) is 38.5 Å². The first kappa shape index (κ1) is 14.2. The number of piperazine rings is 1. The van der Waals surface area contributed by atoms with Crippen LogP contribution in [0.5, 0.6) is 0 Å². The summed E-state index contributed by atoms with van der Waals surface area (Å²) in [5.74, 6) is -0.0309. The molecule has 2 heterocycles. The molecule has 0 radical (unpaired) electrons. The van der Waals surface area contributed by atoms with E-state index in [0.717, 1.165) is 0 Å². The number of carbonyl (C=O) groups is 2. The largest absolute Gasteiger partial charge is 0.450 e. The fraction of sp³-hybridized carbons (Fsp3) is 0.583. The summed E-state index contributed by atoms with van der Waals surface area (Å²) in [6, 6.07) is 0. The minimum Gasteiger partial charge on any atom is -0.450 e. The molecule has 1 aliphatic heterocycles. The molecule has 1 aromatic rings. The van der Waals surface area contributed by atoms with Crippen molar-refractivity contribution in [3.63, 3.8) is 0 Å². The fourth-order valence-corrected chi connectivity index (χ4v) is 2.06. The minimum atomic E-state index is -0.320. The normalized spacial score (nSPS) is 15.2. The molecule has 20 heavy (non-hydrogen) atoms. The standard InChI is InChI=1S/C12H19N5O3/c1-2-20-12(19)16-5-3-15(4-6-16)11(18)9-17-8-10(13)7-14-17/h7-8H,2-6,9,13H2,1H3. The topological polar surface area (TPSA) is 93.7 Å². The van der Waals surface area contributed by atoms with E-state index in [1.807, 2.05) is 0 Å². The highest BCUT2D eigenvalue weighted by atomic mass is 16.6. The molecule has 8 heteroatoms. The molecule has 0 unspecified atom stereocenters. The molecule has 2 rings (SSSR count). The summed E-state index contributed by atoms with van der Waals surface area (Å²) in [7, 11) is 0. The Hall–Kier alpha value is -2.25. The molecule has 8 nitrogen and oxygen atoms in total. The third kappa shape index (κ3) is 3.40. The van der Waals surface area contributed by atoms with E-state index in [9.17, 15) is 9.59 Å². The van der Waals surface area contributed by atoms with Crippen LogP contribution in [0, 0.1) is 0 Å². The van der Waals surface area contributed by atoms with E-state index < -0.39 is 0 Å². The number of amides is 2. The minimum absolute atomic E-state index is 0.0309. The van der Waals surface area contributed by atoms with Crippen LogP contribution in [0.15, 0.2) is 12.4 Å². The zero-order valence-electron chi connectivity index (χ0n) is 11.5. The van der Waals surface area contributed by atoms with Gasteiger partial charge >= 0.3 is 6.09 Å². The third-order valence-corrected chi connectivity index (χ3v) is 3.11. The third-order valence-electron chi connectivity index (χ3n) is 3.11. The summed E-state index contributed by atoms with van der Waals surface area (Å²) in [6.45, 7) is 4.29. The van der Waals surface area contributed by atoms with Gasteiger partial charge in [-0.25, -0.2) is 4.79 Å². The van der Waals surface area contributed by atoms with E-state index in [1.54, 1.807) is 22.9 Å². The van der Waals surface area contributed by atoms with Crippen molar-refractivity contribution in [1.29, 1.82) is 0 Å². The quantitative estimate of drug-likeness (QED) is 0.825. The van der Waals surface area contributed by atoms with Gasteiger partial charge in [0.2, 0.25) is 5.91 Å². The Balaban J connectivity index is 1.81. The zero-order chi connectivity index (χ0) is 14.5. The van der Waals surface area contributed by atoms with Gasteiger partial charge in [-0.1, -0.05) is 0 Å². The van der Waals surface area contributed by atoms with Crippen LogP contribution in [0.2, 0.25) is 0 Å². The number of hydrogen-bond donors (Lipinski definition) is 1. The molecule has 1 fully saturated rings. The molecule has 2 amide bonds. The highest BCUT2D eigenvalue weighted by Crippen LogP contribution is 2.06. The van der Waals surface area contributed by atoms with E-state index >= 15 is 0 Å². The van der Waals surface area contributed by atoms with E-state index in [4.69, 9.17) is 10.5 Å². The number of anilines is 1. The summed E-state index contributed by atoms with van der Waals surface area (Å²) in [4.78, 5) is 26.9. The molecular weight excluding hydrogens is 262 g/mol. The smallest absolute Gasteiger partial charge is 0.409 e. The molecule has 2 N–H and O–H groups in total. The molecule has 1 aliphatic rings. The molecule has 1 aromatic heterocycles. The summed E-state index contributed by atoms with van der Waals surface area (Å²) in [6.07, 6.45) is 2.80. The molecular formula is C12H19N5O3. The molecule has 1 saturated heterocycles. The van der Waals surface area contributed by atoms with Crippen LogP contribution >= 0.6 is 0 Å². The average Bonchev–Trinajstić information content (AvgIpc) is 2.84. The lowest BCUT2D eigenvalue weighted by molar-refractivity contribution is -0.133. The van der Waals surface area contributed by atoms with Gasteiger partial charge in [0.05, 0.1) is 18.5 Å². The Morgan fingerprint density at radius 1 is 1.30 bits per heavy atom. The summed E-state index contributed by atoms with van der Waals surface area (Å²) in [5, 5.41) is 3.98. The Morgan fingerprint density at radius 2 is 1.95 bits per heavy atom. The SMILES string of the molecule is CCOC(=O)N1CCN(C(=O)Cn2cc(N)cn2)CC1. The number of rotatable bonds is 3. The molecule has 0 aromatic carbocycles. The van der Waals surface area contributed by atoms with E-state index in [1.165, 1.54) is 10.9 Å². The second-order valence-electron chi connectivity index (χ2n) is 4.54. The van der Waals surface area contributed by atoms with Crippen molar-refractivity contribution in [3.05, 3.63) is 12.4 Å². The van der Waals surface area contributed by atoms with Gasteiger partial charge in [0.25, 0.3) is 0 Å². The number of carbonyl (C=O) groups excluding carboxylic acids is 2. The van der Waals surface area contributed by atoms with Crippen molar-refractivity contribution in [3.8, 4) is 0 Å². The van der Waals surface area contributed by atoms with Crippen LogP contribution in [0.1, 0.15) is 6.92 Å². The molecule has 0 atom stereocenters. The van der Waals surface area contributed by atoms with Crippen LogP contribution in [0.3, 0.4) is 0 Å². The molecule has 0 saturated carbocycles. The summed E-state index contributed by atoms with van der Waals surface area (Å²) in [5.41, 5.74) is 6.08. The van der Waals surface area contributed by atoms with Gasteiger partial charge in [0.1, 0.15) is 6.54 Å². The number of hydrogen-bond acceptors (Lipinski definition) is 5. The van der Waals surface area contributed by atoms with Gasteiger partial charge in [-0.15, -0.1) is 0 Å².